The van der Waals surface area contributed by atoms with Crippen molar-refractivity contribution < 1.29 is 0 Å². The van der Waals surface area contributed by atoms with Gasteiger partial charge in [-0.15, -0.1) is 11.3 Å². The van der Waals surface area contributed by atoms with E-state index in [1.165, 1.54) is 0 Å². The van der Waals surface area contributed by atoms with Crippen molar-refractivity contribution in [3.63, 3.8) is 0 Å². The van der Waals surface area contributed by atoms with E-state index in [9.17, 15) is 0 Å². The molecule has 1 heterocycles. The van der Waals surface area contributed by atoms with Gasteiger partial charge in [-0.05, 0) is 35.6 Å². The van der Waals surface area contributed by atoms with E-state index in [2.05, 4.69) is 0 Å². The predicted molar refractivity (Wildman–Crippen MR) is 66.5 cm³/mol. The molecule has 0 amide bonds. The summed E-state index contributed by atoms with van der Waals surface area (Å²) in [6.45, 7) is 2.04. The van der Waals surface area contributed by atoms with Crippen LogP contribution in [0.2, 0.25) is 5.02 Å². The number of hydrogen-bond acceptors (Lipinski definition) is 2. The molecule has 0 radical (unpaired) electrons. The number of thiophene rings is 1. The van der Waals surface area contributed by atoms with Crippen molar-refractivity contribution in [2.75, 3.05) is 0 Å². The molecule has 1 aromatic heterocycles. The van der Waals surface area contributed by atoms with E-state index < -0.39 is 0 Å². The fraction of sp³-hybridized carbons (Fsp3) is 0.167. The van der Waals surface area contributed by atoms with E-state index in [0.717, 1.165) is 21.0 Å². The molecular weight excluding hydrogens is 226 g/mol. The molecule has 0 aliphatic carbocycles. The van der Waals surface area contributed by atoms with E-state index in [1.54, 1.807) is 11.3 Å². The van der Waals surface area contributed by atoms with Gasteiger partial charge in [0.05, 0.1) is 6.04 Å². The summed E-state index contributed by atoms with van der Waals surface area (Å²) in [5, 5.41) is 2.78. The van der Waals surface area contributed by atoms with Crippen LogP contribution in [0.3, 0.4) is 0 Å². The summed E-state index contributed by atoms with van der Waals surface area (Å²) < 4.78 is 0. The molecule has 1 nitrogen and oxygen atoms in total. The van der Waals surface area contributed by atoms with Crippen molar-refractivity contribution in [2.24, 2.45) is 5.73 Å². The summed E-state index contributed by atoms with van der Waals surface area (Å²) in [4.78, 5) is 1.14. The normalized spacial score (nSPS) is 12.7. The summed E-state index contributed by atoms with van der Waals surface area (Å²) in [6.07, 6.45) is 0. The largest absolute Gasteiger partial charge is 0.320 e. The van der Waals surface area contributed by atoms with Gasteiger partial charge in [0, 0.05) is 9.90 Å². The van der Waals surface area contributed by atoms with Crippen LogP contribution in [-0.4, -0.2) is 0 Å². The Kier molecular flexibility index (Phi) is 3.10. The lowest BCUT2D eigenvalue weighted by molar-refractivity contribution is 0.883. The second-order valence-electron chi connectivity index (χ2n) is 3.46. The molecule has 0 aliphatic rings. The van der Waals surface area contributed by atoms with Crippen molar-refractivity contribution in [3.8, 4) is 0 Å². The van der Waals surface area contributed by atoms with Crippen molar-refractivity contribution in [1.29, 1.82) is 0 Å². The second kappa shape index (κ2) is 4.35. The fourth-order valence-electron chi connectivity index (χ4n) is 1.65. The minimum atomic E-state index is -0.112. The topological polar surface area (TPSA) is 26.0 Å². The maximum Gasteiger partial charge on any atom is 0.0663 e. The molecule has 1 aromatic carbocycles. The quantitative estimate of drug-likeness (QED) is 0.846. The third kappa shape index (κ3) is 2.07. The first-order valence-electron chi connectivity index (χ1n) is 4.74. The van der Waals surface area contributed by atoms with E-state index in [4.69, 9.17) is 17.3 Å². The zero-order chi connectivity index (χ0) is 10.8. The molecule has 0 unspecified atom stereocenters. The van der Waals surface area contributed by atoms with Gasteiger partial charge in [-0.1, -0.05) is 29.8 Å². The maximum absolute atomic E-state index is 6.19. The van der Waals surface area contributed by atoms with Crippen LogP contribution in [0, 0.1) is 6.92 Å². The number of benzene rings is 1. The van der Waals surface area contributed by atoms with Gasteiger partial charge in [-0.25, -0.2) is 0 Å². The highest BCUT2D eigenvalue weighted by atomic mass is 35.5. The Labute approximate surface area is 98.5 Å². The number of nitrogens with two attached hydrogens (primary N) is 1. The Hall–Kier alpha value is -0.830. The van der Waals surface area contributed by atoms with E-state index in [1.807, 2.05) is 42.6 Å². The van der Waals surface area contributed by atoms with Crippen LogP contribution in [0.1, 0.15) is 22.0 Å². The smallest absolute Gasteiger partial charge is 0.0663 e. The predicted octanol–water partition coefficient (Wildman–Crippen LogP) is 3.76. The SMILES string of the molecule is Cc1cccc(Cl)c1[C@@H](N)c1cccs1. The number of aryl methyl sites for hydroxylation is 1. The van der Waals surface area contributed by atoms with Gasteiger partial charge >= 0.3 is 0 Å². The monoisotopic (exact) mass is 237 g/mol. The minimum absolute atomic E-state index is 0.112. The van der Waals surface area contributed by atoms with Crippen molar-refractivity contribution in [3.05, 3.63) is 56.7 Å². The molecule has 2 aromatic rings. The van der Waals surface area contributed by atoms with Crippen LogP contribution in [0.4, 0.5) is 0 Å². The molecule has 0 fully saturated rings. The molecule has 2 N–H and O–H groups in total. The zero-order valence-corrected chi connectivity index (χ0v) is 9.98. The second-order valence-corrected chi connectivity index (χ2v) is 4.85. The first kappa shape index (κ1) is 10.7. The van der Waals surface area contributed by atoms with E-state index in [0.29, 0.717) is 0 Å². The van der Waals surface area contributed by atoms with E-state index in [-0.39, 0.29) is 6.04 Å². The van der Waals surface area contributed by atoms with Crippen LogP contribution < -0.4 is 5.73 Å². The summed E-state index contributed by atoms with van der Waals surface area (Å²) in [6, 6.07) is 9.80. The van der Waals surface area contributed by atoms with Gasteiger partial charge in [0.1, 0.15) is 0 Å². The molecule has 0 aliphatic heterocycles. The molecule has 15 heavy (non-hydrogen) atoms. The molecular formula is C12H12ClNS. The number of rotatable bonds is 2. The zero-order valence-electron chi connectivity index (χ0n) is 8.41. The highest BCUT2D eigenvalue weighted by Gasteiger charge is 2.15. The lowest BCUT2D eigenvalue weighted by Crippen LogP contribution is -2.12. The van der Waals surface area contributed by atoms with Gasteiger partial charge in [0.2, 0.25) is 0 Å². The number of halogens is 1. The van der Waals surface area contributed by atoms with Gasteiger partial charge in [0.25, 0.3) is 0 Å². The van der Waals surface area contributed by atoms with Gasteiger partial charge in [0.15, 0.2) is 0 Å². The third-order valence-electron chi connectivity index (χ3n) is 2.43. The Balaban J connectivity index is 2.46. The summed E-state index contributed by atoms with van der Waals surface area (Å²) >= 11 is 7.83. The summed E-state index contributed by atoms with van der Waals surface area (Å²) in [5.41, 5.74) is 8.36. The lowest BCUT2D eigenvalue weighted by atomic mass is 10.0. The minimum Gasteiger partial charge on any atom is -0.320 e. The van der Waals surface area contributed by atoms with Crippen molar-refractivity contribution in [2.45, 2.75) is 13.0 Å². The molecule has 3 heteroatoms. The van der Waals surface area contributed by atoms with Gasteiger partial charge < -0.3 is 5.73 Å². The Morgan fingerprint density at radius 3 is 2.67 bits per heavy atom. The molecule has 0 bridgehead atoms. The average Bonchev–Trinajstić information content (AvgIpc) is 2.69. The molecule has 0 spiro atoms. The maximum atomic E-state index is 6.19. The fourth-order valence-corrected chi connectivity index (χ4v) is 2.72. The van der Waals surface area contributed by atoms with E-state index >= 15 is 0 Å². The highest BCUT2D eigenvalue weighted by Crippen LogP contribution is 2.31. The van der Waals surface area contributed by atoms with Crippen LogP contribution >= 0.6 is 22.9 Å². The highest BCUT2D eigenvalue weighted by molar-refractivity contribution is 7.10. The van der Waals surface area contributed by atoms with Gasteiger partial charge in [-0.2, -0.15) is 0 Å². The van der Waals surface area contributed by atoms with Crippen LogP contribution in [0.15, 0.2) is 35.7 Å². The molecule has 78 valence electrons. The molecule has 0 saturated heterocycles. The molecule has 2 rings (SSSR count). The lowest BCUT2D eigenvalue weighted by Gasteiger charge is -2.14. The van der Waals surface area contributed by atoms with Crippen LogP contribution in [0.25, 0.3) is 0 Å². The summed E-state index contributed by atoms with van der Waals surface area (Å²) in [7, 11) is 0. The Bertz CT molecular complexity index is 430. The summed E-state index contributed by atoms with van der Waals surface area (Å²) in [5.74, 6) is 0. The van der Waals surface area contributed by atoms with Crippen molar-refractivity contribution >= 4 is 22.9 Å². The number of hydrogen-bond donors (Lipinski definition) is 1. The first-order valence-corrected chi connectivity index (χ1v) is 6.00. The Morgan fingerprint density at radius 2 is 2.07 bits per heavy atom. The molecule has 0 saturated carbocycles. The third-order valence-corrected chi connectivity index (χ3v) is 3.72. The molecule has 1 atom stereocenters. The van der Waals surface area contributed by atoms with Crippen molar-refractivity contribution in [1.82, 2.24) is 0 Å². The average molecular weight is 238 g/mol. The van der Waals surface area contributed by atoms with Crippen LogP contribution in [-0.2, 0) is 0 Å². The Morgan fingerprint density at radius 1 is 1.27 bits per heavy atom. The van der Waals surface area contributed by atoms with Gasteiger partial charge in [-0.3, -0.25) is 0 Å². The standard InChI is InChI=1S/C12H12ClNS/c1-8-4-2-5-9(13)11(8)12(14)10-6-3-7-15-10/h2-7,12H,14H2,1H3/t12-/m0/s1. The first-order chi connectivity index (χ1) is 7.20. The van der Waals surface area contributed by atoms with Crippen LogP contribution in [0.5, 0.6) is 0 Å².